The number of non-ortho nitro benzene ring substituents is 1. The average molecular weight is 431 g/mol. The van der Waals surface area contributed by atoms with Gasteiger partial charge in [-0.15, -0.1) is 0 Å². The second-order valence-electron chi connectivity index (χ2n) is 6.08. The van der Waals surface area contributed by atoms with E-state index in [1.165, 1.54) is 24.3 Å². The summed E-state index contributed by atoms with van der Waals surface area (Å²) >= 11 is 0. The van der Waals surface area contributed by atoms with Crippen molar-refractivity contribution in [3.8, 4) is 17.2 Å². The number of nitro groups is 1. The lowest BCUT2D eigenvalue weighted by Crippen LogP contribution is -2.13. The SMILES string of the molecule is CC(=O)Oc1cc(C(=O)OCc2ccc([N+](=O)[O-])cc2)cc(OC(C)=O)c1OC(C)=O. The van der Waals surface area contributed by atoms with E-state index in [1.54, 1.807) is 0 Å². The van der Waals surface area contributed by atoms with Crippen molar-refractivity contribution >= 4 is 29.6 Å². The van der Waals surface area contributed by atoms with Crippen molar-refractivity contribution in [3.63, 3.8) is 0 Å². The number of carbonyl (C=O) groups is 4. The fraction of sp³-hybridized carbons (Fsp3) is 0.200. The Kier molecular flexibility index (Phi) is 7.39. The molecule has 0 unspecified atom stereocenters. The molecular formula is C20H17NO10. The molecule has 11 heteroatoms. The minimum Gasteiger partial charge on any atom is -0.457 e. The molecule has 0 atom stereocenters. The van der Waals surface area contributed by atoms with E-state index in [0.29, 0.717) is 5.56 Å². The summed E-state index contributed by atoms with van der Waals surface area (Å²) in [5.74, 6) is -4.24. The Bertz CT molecular complexity index is 1010. The van der Waals surface area contributed by atoms with Crippen LogP contribution in [-0.4, -0.2) is 28.8 Å². The first-order chi connectivity index (χ1) is 14.6. The fourth-order valence-corrected chi connectivity index (χ4v) is 2.35. The van der Waals surface area contributed by atoms with Crippen LogP contribution in [-0.2, 0) is 25.7 Å². The summed E-state index contributed by atoms with van der Waals surface area (Å²) in [6, 6.07) is 7.53. The molecule has 0 bridgehead atoms. The number of ether oxygens (including phenoxy) is 4. The van der Waals surface area contributed by atoms with E-state index in [0.717, 1.165) is 32.9 Å². The van der Waals surface area contributed by atoms with E-state index >= 15 is 0 Å². The first-order valence-corrected chi connectivity index (χ1v) is 8.70. The Hall–Kier alpha value is -4.28. The van der Waals surface area contributed by atoms with Gasteiger partial charge in [0.25, 0.3) is 5.69 Å². The molecule has 0 saturated carbocycles. The van der Waals surface area contributed by atoms with Crippen molar-refractivity contribution in [1.82, 2.24) is 0 Å². The van der Waals surface area contributed by atoms with Crippen molar-refractivity contribution in [1.29, 1.82) is 0 Å². The van der Waals surface area contributed by atoms with E-state index in [1.807, 2.05) is 0 Å². The maximum Gasteiger partial charge on any atom is 0.338 e. The lowest BCUT2D eigenvalue weighted by molar-refractivity contribution is -0.384. The van der Waals surface area contributed by atoms with Crippen molar-refractivity contribution in [2.75, 3.05) is 0 Å². The summed E-state index contributed by atoms with van der Waals surface area (Å²) in [5.41, 5.74) is 0.203. The van der Waals surface area contributed by atoms with Gasteiger partial charge in [-0.05, 0) is 29.8 Å². The van der Waals surface area contributed by atoms with Gasteiger partial charge in [-0.3, -0.25) is 24.5 Å². The van der Waals surface area contributed by atoms with Gasteiger partial charge in [0.1, 0.15) is 6.61 Å². The number of hydrogen-bond donors (Lipinski definition) is 0. The maximum atomic E-state index is 12.5. The number of rotatable bonds is 7. The van der Waals surface area contributed by atoms with Gasteiger partial charge >= 0.3 is 23.9 Å². The number of nitro benzene ring substituents is 1. The smallest absolute Gasteiger partial charge is 0.338 e. The monoisotopic (exact) mass is 431 g/mol. The molecule has 0 heterocycles. The first kappa shape index (κ1) is 23.0. The molecule has 11 nitrogen and oxygen atoms in total. The molecule has 2 aromatic carbocycles. The van der Waals surface area contributed by atoms with Crippen molar-refractivity contribution < 1.29 is 43.0 Å². The Balaban J connectivity index is 2.33. The molecule has 2 aromatic rings. The second-order valence-corrected chi connectivity index (χ2v) is 6.08. The minimum absolute atomic E-state index is 0.117. The topological polar surface area (TPSA) is 148 Å². The van der Waals surface area contributed by atoms with Gasteiger partial charge in [-0.1, -0.05) is 0 Å². The standard InChI is InChI=1S/C20H17NO10/c1-11(22)29-17-8-15(9-18(30-12(2)23)19(17)31-13(3)24)20(25)28-10-14-4-6-16(7-5-14)21(26)27/h4-9H,10H2,1-3H3. The van der Waals surface area contributed by atoms with E-state index in [2.05, 4.69) is 0 Å². The van der Waals surface area contributed by atoms with Crippen LogP contribution in [0.25, 0.3) is 0 Å². The van der Waals surface area contributed by atoms with Crippen LogP contribution in [0, 0.1) is 10.1 Å². The molecule has 0 amide bonds. The normalized spacial score (nSPS) is 10.0. The second kappa shape index (κ2) is 9.96. The Morgan fingerprint density at radius 3 is 1.74 bits per heavy atom. The third-order valence-electron chi connectivity index (χ3n) is 3.53. The van der Waals surface area contributed by atoms with Gasteiger partial charge in [-0.25, -0.2) is 4.79 Å². The van der Waals surface area contributed by atoms with Crippen LogP contribution in [0.15, 0.2) is 36.4 Å². The van der Waals surface area contributed by atoms with E-state index in [-0.39, 0.29) is 35.1 Å². The van der Waals surface area contributed by atoms with Crippen LogP contribution in [0.4, 0.5) is 5.69 Å². The zero-order valence-corrected chi connectivity index (χ0v) is 16.7. The van der Waals surface area contributed by atoms with Gasteiger partial charge < -0.3 is 18.9 Å². The predicted molar refractivity (Wildman–Crippen MR) is 103 cm³/mol. The van der Waals surface area contributed by atoms with Crippen molar-refractivity contribution in [3.05, 3.63) is 57.6 Å². The fourth-order valence-electron chi connectivity index (χ4n) is 2.35. The molecule has 0 aliphatic carbocycles. The predicted octanol–water partition coefficient (Wildman–Crippen LogP) is 2.73. The number of hydrogen-bond acceptors (Lipinski definition) is 10. The Morgan fingerprint density at radius 1 is 0.839 bits per heavy atom. The zero-order chi connectivity index (χ0) is 23.1. The van der Waals surface area contributed by atoms with Crippen molar-refractivity contribution in [2.45, 2.75) is 27.4 Å². The van der Waals surface area contributed by atoms with Crippen LogP contribution >= 0.6 is 0 Å². The molecule has 0 saturated heterocycles. The summed E-state index contributed by atoms with van der Waals surface area (Å²) in [5, 5.41) is 10.7. The number of nitrogens with zero attached hydrogens (tertiary/aromatic N) is 1. The van der Waals surface area contributed by atoms with Gasteiger partial charge in [-0.2, -0.15) is 0 Å². The lowest BCUT2D eigenvalue weighted by atomic mass is 10.1. The summed E-state index contributed by atoms with van der Waals surface area (Å²) in [6.07, 6.45) is 0. The number of esters is 4. The summed E-state index contributed by atoms with van der Waals surface area (Å²) in [7, 11) is 0. The molecule has 0 aromatic heterocycles. The molecule has 31 heavy (non-hydrogen) atoms. The Labute approximate surface area is 175 Å². The van der Waals surface area contributed by atoms with E-state index < -0.39 is 28.8 Å². The molecule has 0 fully saturated rings. The maximum absolute atomic E-state index is 12.5. The molecule has 0 N–H and O–H groups in total. The molecule has 0 aliphatic rings. The third kappa shape index (κ3) is 6.63. The summed E-state index contributed by atoms with van der Waals surface area (Å²) in [6.45, 7) is 3.04. The van der Waals surface area contributed by atoms with Crippen LogP contribution in [0.3, 0.4) is 0 Å². The van der Waals surface area contributed by atoms with Gasteiger partial charge in [0.2, 0.25) is 5.75 Å². The van der Waals surface area contributed by atoms with Crippen molar-refractivity contribution in [2.24, 2.45) is 0 Å². The average Bonchev–Trinajstić information content (AvgIpc) is 2.67. The van der Waals surface area contributed by atoms with Crippen LogP contribution in [0.2, 0.25) is 0 Å². The van der Waals surface area contributed by atoms with Gasteiger partial charge in [0, 0.05) is 32.9 Å². The first-order valence-electron chi connectivity index (χ1n) is 8.70. The number of carbonyl (C=O) groups excluding carboxylic acids is 4. The largest absolute Gasteiger partial charge is 0.457 e. The summed E-state index contributed by atoms with van der Waals surface area (Å²) < 4.78 is 20.1. The highest BCUT2D eigenvalue weighted by Gasteiger charge is 2.23. The molecule has 0 spiro atoms. The van der Waals surface area contributed by atoms with Gasteiger partial charge in [0.15, 0.2) is 11.5 Å². The summed E-state index contributed by atoms with van der Waals surface area (Å²) in [4.78, 5) is 56.8. The van der Waals surface area contributed by atoms with E-state index in [4.69, 9.17) is 18.9 Å². The zero-order valence-electron chi connectivity index (χ0n) is 16.7. The molecular weight excluding hydrogens is 414 g/mol. The van der Waals surface area contributed by atoms with Crippen LogP contribution in [0.1, 0.15) is 36.7 Å². The highest BCUT2D eigenvalue weighted by Crippen LogP contribution is 2.39. The lowest BCUT2D eigenvalue weighted by Gasteiger charge is -2.14. The molecule has 0 aliphatic heterocycles. The van der Waals surface area contributed by atoms with E-state index in [9.17, 15) is 29.3 Å². The highest BCUT2D eigenvalue weighted by atomic mass is 16.6. The molecule has 2 rings (SSSR count). The number of benzene rings is 2. The minimum atomic E-state index is -0.880. The highest BCUT2D eigenvalue weighted by molar-refractivity contribution is 5.92. The molecule has 0 radical (unpaired) electrons. The molecule has 162 valence electrons. The Morgan fingerprint density at radius 2 is 1.32 bits per heavy atom. The quantitative estimate of drug-likeness (QED) is 0.277. The van der Waals surface area contributed by atoms with Crippen LogP contribution in [0.5, 0.6) is 17.2 Å². The third-order valence-corrected chi connectivity index (χ3v) is 3.53. The van der Waals surface area contributed by atoms with Crippen LogP contribution < -0.4 is 14.2 Å². The van der Waals surface area contributed by atoms with Gasteiger partial charge in [0.05, 0.1) is 10.5 Å².